The van der Waals surface area contributed by atoms with E-state index in [0.717, 1.165) is 6.04 Å². The molecule has 4 nitrogen and oxygen atoms in total. The second-order valence-electron chi connectivity index (χ2n) is 7.66. The van der Waals surface area contributed by atoms with Crippen molar-refractivity contribution in [1.82, 2.24) is 0 Å². The van der Waals surface area contributed by atoms with E-state index in [2.05, 4.69) is 44.3 Å². The van der Waals surface area contributed by atoms with E-state index in [1.807, 2.05) is 6.07 Å². The molecule has 1 fully saturated rings. The minimum Gasteiger partial charge on any atom is -0.468 e. The Labute approximate surface area is 145 Å². The van der Waals surface area contributed by atoms with E-state index in [9.17, 15) is 9.59 Å². The quantitative estimate of drug-likeness (QED) is 0.466. The summed E-state index contributed by atoms with van der Waals surface area (Å²) in [6.45, 7) is 6.84. The minimum atomic E-state index is -1.64. The third-order valence-corrected chi connectivity index (χ3v) is 9.01. The fourth-order valence-corrected chi connectivity index (χ4v) is 7.38. The van der Waals surface area contributed by atoms with Gasteiger partial charge >= 0.3 is 11.9 Å². The Balaban J connectivity index is 2.24. The van der Waals surface area contributed by atoms with Crippen LogP contribution in [-0.2, 0) is 19.1 Å². The number of carbonyl (C=O) groups is 2. The molecule has 2 rings (SSSR count). The van der Waals surface area contributed by atoms with E-state index in [1.165, 1.54) is 19.4 Å². The van der Waals surface area contributed by atoms with E-state index in [1.54, 1.807) is 0 Å². The van der Waals surface area contributed by atoms with Gasteiger partial charge in [-0.1, -0.05) is 61.6 Å². The predicted molar refractivity (Wildman–Crippen MR) is 96.7 cm³/mol. The van der Waals surface area contributed by atoms with Gasteiger partial charge in [-0.15, -0.1) is 0 Å². The summed E-state index contributed by atoms with van der Waals surface area (Å²) in [5, 5.41) is 1.41. The Morgan fingerprint density at radius 3 is 2.12 bits per heavy atom. The summed E-state index contributed by atoms with van der Waals surface area (Å²) in [6, 6.07) is 11.6. The number of hydrogen-bond acceptors (Lipinski definition) is 4. The second-order valence-corrected chi connectivity index (χ2v) is 12.4. The molecule has 1 aromatic rings. The molecular formula is C19H28O4Si. The summed E-state index contributed by atoms with van der Waals surface area (Å²) in [5.41, 5.74) is -1.13. The van der Waals surface area contributed by atoms with Crippen LogP contribution in [0.3, 0.4) is 0 Å². The van der Waals surface area contributed by atoms with Crippen molar-refractivity contribution < 1.29 is 19.1 Å². The highest BCUT2D eigenvalue weighted by Gasteiger charge is 2.56. The number of ether oxygens (including phenoxy) is 2. The zero-order valence-electron chi connectivity index (χ0n) is 15.3. The van der Waals surface area contributed by atoms with Crippen molar-refractivity contribution in [1.29, 1.82) is 0 Å². The molecule has 2 atom stereocenters. The van der Waals surface area contributed by atoms with E-state index in [-0.39, 0.29) is 0 Å². The number of benzene rings is 1. The zero-order valence-corrected chi connectivity index (χ0v) is 16.3. The number of rotatable bonds is 5. The Morgan fingerprint density at radius 2 is 1.62 bits per heavy atom. The van der Waals surface area contributed by atoms with Crippen LogP contribution in [0.1, 0.15) is 19.8 Å². The van der Waals surface area contributed by atoms with E-state index < -0.39 is 25.4 Å². The lowest BCUT2D eigenvalue weighted by molar-refractivity contribution is -0.169. The topological polar surface area (TPSA) is 52.6 Å². The first-order valence-electron chi connectivity index (χ1n) is 8.49. The largest absolute Gasteiger partial charge is 0.468 e. The lowest BCUT2D eigenvalue weighted by Crippen LogP contribution is -2.43. The van der Waals surface area contributed by atoms with Crippen LogP contribution in [0.15, 0.2) is 30.3 Å². The van der Waals surface area contributed by atoms with Crippen LogP contribution in [0.2, 0.25) is 19.1 Å². The highest BCUT2D eigenvalue weighted by molar-refractivity contribution is 6.89. The fourth-order valence-electron chi connectivity index (χ4n) is 4.19. The molecular weight excluding hydrogens is 320 g/mol. The number of hydrogen-bond donors (Lipinski definition) is 0. The number of methoxy groups -OCH3 is 2. The average Bonchev–Trinajstić information content (AvgIpc) is 2.91. The van der Waals surface area contributed by atoms with Gasteiger partial charge in [0.1, 0.15) is 0 Å². The van der Waals surface area contributed by atoms with Crippen LogP contribution in [-0.4, -0.2) is 34.2 Å². The third kappa shape index (κ3) is 3.41. The van der Waals surface area contributed by atoms with Crippen LogP contribution < -0.4 is 5.19 Å². The monoisotopic (exact) mass is 348 g/mol. The lowest BCUT2D eigenvalue weighted by atomic mass is 9.85. The van der Waals surface area contributed by atoms with Gasteiger partial charge in [0.25, 0.3) is 0 Å². The van der Waals surface area contributed by atoms with Gasteiger partial charge < -0.3 is 9.47 Å². The molecule has 0 aliphatic heterocycles. The summed E-state index contributed by atoms with van der Waals surface area (Å²) >= 11 is 0. The van der Waals surface area contributed by atoms with E-state index in [0.29, 0.717) is 24.7 Å². The van der Waals surface area contributed by atoms with Gasteiger partial charge in [-0.05, 0) is 24.7 Å². The lowest BCUT2D eigenvalue weighted by Gasteiger charge is -2.29. The van der Waals surface area contributed by atoms with Gasteiger partial charge in [-0.3, -0.25) is 9.59 Å². The third-order valence-electron chi connectivity index (χ3n) is 5.57. The Kier molecular flexibility index (Phi) is 5.53. The van der Waals surface area contributed by atoms with Gasteiger partial charge in [-0.25, -0.2) is 0 Å². The Morgan fingerprint density at radius 1 is 1.08 bits per heavy atom. The van der Waals surface area contributed by atoms with Crippen molar-refractivity contribution in [3.63, 3.8) is 0 Å². The van der Waals surface area contributed by atoms with Crippen molar-refractivity contribution in [2.24, 2.45) is 17.3 Å². The maximum Gasteiger partial charge on any atom is 0.323 e. The van der Waals surface area contributed by atoms with Crippen molar-refractivity contribution in [2.45, 2.75) is 38.9 Å². The highest BCUT2D eigenvalue weighted by Crippen LogP contribution is 2.49. The SMILES string of the molecule is COC(=O)C1(C(=O)OC)CC(C)C(C[Si](C)(C)c2ccccc2)C1. The molecule has 5 heteroatoms. The molecule has 0 radical (unpaired) electrons. The molecule has 0 N–H and O–H groups in total. The summed E-state index contributed by atoms with van der Waals surface area (Å²) in [7, 11) is 1.04. The molecule has 0 heterocycles. The minimum absolute atomic E-state index is 0.290. The molecule has 1 aliphatic carbocycles. The molecule has 24 heavy (non-hydrogen) atoms. The van der Waals surface area contributed by atoms with Crippen molar-refractivity contribution in [2.75, 3.05) is 14.2 Å². The Hall–Kier alpha value is -1.62. The van der Waals surface area contributed by atoms with Gasteiger partial charge in [0.15, 0.2) is 5.41 Å². The standard InChI is InChI=1S/C19H28O4Si/c1-14-11-19(17(20)22-2,18(21)23-3)12-15(14)13-24(4,5)16-9-7-6-8-10-16/h6-10,14-15H,11-13H2,1-5H3. The Bertz CT molecular complexity index is 581. The van der Waals surface area contributed by atoms with E-state index in [4.69, 9.17) is 9.47 Å². The first kappa shape index (κ1) is 18.7. The molecule has 0 bridgehead atoms. The molecule has 0 aromatic heterocycles. The number of esters is 2. The van der Waals surface area contributed by atoms with Crippen LogP contribution in [0.5, 0.6) is 0 Å². The molecule has 0 spiro atoms. The molecule has 0 saturated heterocycles. The van der Waals surface area contributed by atoms with Gasteiger partial charge in [0, 0.05) is 0 Å². The summed E-state index contributed by atoms with van der Waals surface area (Å²) in [6.07, 6.45) is 1.03. The van der Waals surface area contributed by atoms with Crippen LogP contribution in [0.4, 0.5) is 0 Å². The summed E-state index contributed by atoms with van der Waals surface area (Å²) in [4.78, 5) is 24.7. The van der Waals surface area contributed by atoms with Gasteiger partial charge in [-0.2, -0.15) is 0 Å². The average molecular weight is 349 g/mol. The molecule has 1 aliphatic rings. The van der Waals surface area contributed by atoms with Crippen molar-refractivity contribution in [3.8, 4) is 0 Å². The maximum atomic E-state index is 12.4. The van der Waals surface area contributed by atoms with E-state index >= 15 is 0 Å². The first-order valence-corrected chi connectivity index (χ1v) is 11.7. The smallest absolute Gasteiger partial charge is 0.323 e. The molecule has 1 saturated carbocycles. The molecule has 2 unspecified atom stereocenters. The first-order chi connectivity index (χ1) is 11.3. The van der Waals surface area contributed by atoms with Crippen molar-refractivity contribution >= 4 is 25.2 Å². The predicted octanol–water partition coefficient (Wildman–Crippen LogP) is 2.98. The summed E-state index contributed by atoms with van der Waals surface area (Å²) in [5.74, 6) is -0.297. The molecule has 1 aromatic carbocycles. The second kappa shape index (κ2) is 7.09. The van der Waals surface area contributed by atoms with Crippen molar-refractivity contribution in [3.05, 3.63) is 30.3 Å². The highest BCUT2D eigenvalue weighted by atomic mass is 28.3. The van der Waals surface area contributed by atoms with Gasteiger partial charge in [0.05, 0.1) is 22.3 Å². The summed E-state index contributed by atoms with van der Waals surface area (Å²) < 4.78 is 9.89. The normalized spacial score (nSPS) is 22.9. The van der Waals surface area contributed by atoms with Crippen LogP contribution in [0.25, 0.3) is 0 Å². The van der Waals surface area contributed by atoms with Gasteiger partial charge in [0.2, 0.25) is 0 Å². The maximum absolute atomic E-state index is 12.4. The fraction of sp³-hybridized carbons (Fsp3) is 0.579. The van der Waals surface area contributed by atoms with Crippen LogP contribution in [0, 0.1) is 17.3 Å². The zero-order chi connectivity index (χ0) is 18.0. The molecule has 132 valence electrons. The number of carbonyl (C=O) groups excluding carboxylic acids is 2. The van der Waals surface area contributed by atoms with Crippen LogP contribution >= 0.6 is 0 Å². The molecule has 0 amide bonds.